The lowest BCUT2D eigenvalue weighted by molar-refractivity contribution is 0.682. The molecule has 0 amide bonds. The van der Waals surface area contributed by atoms with Gasteiger partial charge in [0.1, 0.15) is 0 Å². The molecule has 13 heavy (non-hydrogen) atoms. The average molecular weight is 197 g/mol. The largest absolute Gasteiger partial charge is 0.398 e. The van der Waals surface area contributed by atoms with Gasteiger partial charge in [-0.1, -0.05) is 19.1 Å². The van der Waals surface area contributed by atoms with Crippen molar-refractivity contribution in [2.75, 3.05) is 11.5 Å². The molecule has 1 aromatic rings. The zero-order chi connectivity index (χ0) is 9.84. The van der Waals surface area contributed by atoms with Gasteiger partial charge in [0.25, 0.3) is 0 Å². The van der Waals surface area contributed by atoms with Crippen molar-refractivity contribution in [2.45, 2.75) is 25.2 Å². The van der Waals surface area contributed by atoms with Gasteiger partial charge in [-0.25, -0.2) is 0 Å². The van der Waals surface area contributed by atoms with Gasteiger partial charge in [0, 0.05) is 5.75 Å². The second-order valence-electron chi connectivity index (χ2n) is 3.04. The van der Waals surface area contributed by atoms with Gasteiger partial charge in [-0.3, -0.25) is 4.21 Å². The van der Waals surface area contributed by atoms with Gasteiger partial charge < -0.3 is 5.73 Å². The molecule has 0 bridgehead atoms. The Morgan fingerprint density at radius 2 is 2.15 bits per heavy atom. The van der Waals surface area contributed by atoms with Crippen LogP contribution in [0.3, 0.4) is 0 Å². The fourth-order valence-electron chi connectivity index (χ4n) is 1.15. The highest BCUT2D eigenvalue weighted by Crippen LogP contribution is 2.20. The Morgan fingerprint density at radius 3 is 2.77 bits per heavy atom. The summed E-state index contributed by atoms with van der Waals surface area (Å²) in [5, 5.41) is 0. The Labute approximate surface area is 81.6 Å². The summed E-state index contributed by atoms with van der Waals surface area (Å²) in [4.78, 5) is 0.779. The molecular weight excluding hydrogens is 182 g/mol. The highest BCUT2D eigenvalue weighted by molar-refractivity contribution is 7.85. The Morgan fingerprint density at radius 1 is 1.46 bits per heavy atom. The first-order chi connectivity index (χ1) is 6.16. The molecule has 0 aliphatic rings. The van der Waals surface area contributed by atoms with Crippen LogP contribution >= 0.6 is 0 Å². The van der Waals surface area contributed by atoms with Crippen LogP contribution in [0.1, 0.15) is 18.9 Å². The lowest BCUT2D eigenvalue weighted by atomic mass is 10.2. The monoisotopic (exact) mass is 197 g/mol. The van der Waals surface area contributed by atoms with Gasteiger partial charge in [-0.15, -0.1) is 0 Å². The predicted octanol–water partition coefficient (Wildman–Crippen LogP) is 2.09. The molecule has 0 saturated carbocycles. The van der Waals surface area contributed by atoms with E-state index in [2.05, 4.69) is 0 Å². The maximum Gasteiger partial charge on any atom is 0.0620 e. The molecule has 1 unspecified atom stereocenters. The second-order valence-corrected chi connectivity index (χ2v) is 4.58. The van der Waals surface area contributed by atoms with E-state index in [1.165, 1.54) is 0 Å². The van der Waals surface area contributed by atoms with Crippen LogP contribution in [-0.4, -0.2) is 9.96 Å². The molecule has 1 rings (SSSR count). The third-order valence-electron chi connectivity index (χ3n) is 1.92. The number of nitrogen functional groups attached to an aromatic ring is 1. The van der Waals surface area contributed by atoms with Gasteiger partial charge in [-0.2, -0.15) is 0 Å². The molecule has 0 radical (unpaired) electrons. The summed E-state index contributed by atoms with van der Waals surface area (Å²) in [6, 6.07) is 5.67. The summed E-state index contributed by atoms with van der Waals surface area (Å²) in [5.74, 6) is 0.688. The van der Waals surface area contributed by atoms with Crippen molar-refractivity contribution in [3.05, 3.63) is 23.8 Å². The molecule has 0 aliphatic carbocycles. The van der Waals surface area contributed by atoms with E-state index in [9.17, 15) is 4.21 Å². The Balaban J connectivity index is 3.01. The summed E-state index contributed by atoms with van der Waals surface area (Å²) in [6.45, 7) is 3.95. The number of para-hydroxylation sites is 1. The molecule has 0 saturated heterocycles. The molecular formula is C10H15NOS. The zero-order valence-electron chi connectivity index (χ0n) is 8.04. The quantitative estimate of drug-likeness (QED) is 0.754. The van der Waals surface area contributed by atoms with Gasteiger partial charge in [0.2, 0.25) is 0 Å². The third-order valence-corrected chi connectivity index (χ3v) is 3.54. The number of hydrogen-bond donors (Lipinski definition) is 1. The number of benzene rings is 1. The minimum absolute atomic E-state index is 0.675. The van der Waals surface area contributed by atoms with E-state index in [4.69, 9.17) is 5.73 Å². The topological polar surface area (TPSA) is 43.1 Å². The highest BCUT2D eigenvalue weighted by atomic mass is 32.2. The van der Waals surface area contributed by atoms with E-state index in [-0.39, 0.29) is 0 Å². The minimum Gasteiger partial charge on any atom is -0.398 e. The van der Waals surface area contributed by atoms with Crippen LogP contribution in [0, 0.1) is 6.92 Å². The van der Waals surface area contributed by atoms with Crippen molar-refractivity contribution in [1.82, 2.24) is 0 Å². The van der Waals surface area contributed by atoms with Crippen LogP contribution in [0.5, 0.6) is 0 Å². The van der Waals surface area contributed by atoms with Crippen molar-refractivity contribution >= 4 is 16.5 Å². The molecule has 1 aromatic carbocycles. The maximum absolute atomic E-state index is 11.6. The smallest absolute Gasteiger partial charge is 0.0620 e. The first-order valence-corrected chi connectivity index (χ1v) is 5.72. The van der Waals surface area contributed by atoms with E-state index in [0.29, 0.717) is 11.4 Å². The molecule has 2 N–H and O–H groups in total. The van der Waals surface area contributed by atoms with Crippen LogP contribution in [0.15, 0.2) is 23.1 Å². The Bertz CT molecular complexity index is 323. The van der Waals surface area contributed by atoms with Crippen molar-refractivity contribution in [2.24, 2.45) is 0 Å². The zero-order valence-corrected chi connectivity index (χ0v) is 8.86. The second kappa shape index (κ2) is 4.42. The van der Waals surface area contributed by atoms with Crippen LogP contribution in [0.4, 0.5) is 5.69 Å². The molecule has 0 aromatic heterocycles. The fraction of sp³-hybridized carbons (Fsp3) is 0.400. The summed E-state index contributed by atoms with van der Waals surface area (Å²) in [6.07, 6.45) is 0.917. The summed E-state index contributed by atoms with van der Waals surface area (Å²) >= 11 is 0. The Hall–Kier alpha value is -0.830. The minimum atomic E-state index is -0.930. The number of aryl methyl sites for hydroxylation is 1. The first-order valence-electron chi connectivity index (χ1n) is 4.40. The van der Waals surface area contributed by atoms with Crippen LogP contribution < -0.4 is 5.73 Å². The highest BCUT2D eigenvalue weighted by Gasteiger charge is 2.07. The van der Waals surface area contributed by atoms with E-state index < -0.39 is 10.8 Å². The molecule has 0 heterocycles. The Kier molecular flexibility index (Phi) is 3.48. The molecule has 0 spiro atoms. The molecule has 3 heteroatoms. The van der Waals surface area contributed by atoms with E-state index in [1.807, 2.05) is 32.0 Å². The SMILES string of the molecule is CCCS(=O)c1cccc(C)c1N. The first kappa shape index (κ1) is 10.3. The molecule has 72 valence electrons. The predicted molar refractivity (Wildman–Crippen MR) is 57.2 cm³/mol. The molecule has 0 aliphatic heterocycles. The maximum atomic E-state index is 11.6. The number of anilines is 1. The van der Waals surface area contributed by atoms with E-state index in [1.54, 1.807) is 0 Å². The number of hydrogen-bond acceptors (Lipinski definition) is 2. The van der Waals surface area contributed by atoms with Gasteiger partial charge >= 0.3 is 0 Å². The van der Waals surface area contributed by atoms with Gasteiger partial charge in [0.15, 0.2) is 0 Å². The third kappa shape index (κ3) is 2.31. The van der Waals surface area contributed by atoms with Crippen molar-refractivity contribution in [3.63, 3.8) is 0 Å². The molecule has 1 atom stereocenters. The van der Waals surface area contributed by atoms with Crippen LogP contribution in [0.25, 0.3) is 0 Å². The van der Waals surface area contributed by atoms with Crippen molar-refractivity contribution < 1.29 is 4.21 Å². The van der Waals surface area contributed by atoms with Crippen LogP contribution in [-0.2, 0) is 10.8 Å². The lowest BCUT2D eigenvalue weighted by Gasteiger charge is -2.06. The van der Waals surface area contributed by atoms with Crippen molar-refractivity contribution in [3.8, 4) is 0 Å². The summed E-state index contributed by atoms with van der Waals surface area (Å²) < 4.78 is 11.6. The normalized spacial score (nSPS) is 12.8. The van der Waals surface area contributed by atoms with Crippen LogP contribution in [0.2, 0.25) is 0 Å². The summed E-state index contributed by atoms with van der Waals surface area (Å²) in [5.41, 5.74) is 7.50. The number of nitrogens with two attached hydrogens (primary N) is 1. The lowest BCUT2D eigenvalue weighted by Crippen LogP contribution is -2.02. The average Bonchev–Trinajstić information content (AvgIpc) is 2.10. The molecule has 0 fully saturated rings. The van der Waals surface area contributed by atoms with Gasteiger partial charge in [-0.05, 0) is 25.0 Å². The van der Waals surface area contributed by atoms with Gasteiger partial charge in [0.05, 0.1) is 21.4 Å². The summed E-state index contributed by atoms with van der Waals surface area (Å²) in [7, 11) is -0.930. The fourth-order valence-corrected chi connectivity index (χ4v) is 2.37. The number of rotatable bonds is 3. The van der Waals surface area contributed by atoms with Crippen molar-refractivity contribution in [1.29, 1.82) is 0 Å². The standard InChI is InChI=1S/C10H15NOS/c1-3-7-13(12)9-6-4-5-8(2)10(9)11/h4-6H,3,7,11H2,1-2H3. The van der Waals surface area contributed by atoms with E-state index in [0.717, 1.165) is 16.9 Å². The van der Waals surface area contributed by atoms with E-state index >= 15 is 0 Å². The molecule has 2 nitrogen and oxygen atoms in total.